The van der Waals surface area contributed by atoms with Crippen LogP contribution in [0.1, 0.15) is 30.1 Å². The summed E-state index contributed by atoms with van der Waals surface area (Å²) in [6.45, 7) is 3.35. The summed E-state index contributed by atoms with van der Waals surface area (Å²) in [5.41, 5.74) is 1.30. The quantitative estimate of drug-likeness (QED) is 0.797. The number of rotatable bonds is 8. The van der Waals surface area contributed by atoms with E-state index in [1.54, 1.807) is 13.4 Å². The molecule has 5 heteroatoms. The van der Waals surface area contributed by atoms with E-state index in [0.717, 1.165) is 37.4 Å². The topological polar surface area (TPSA) is 55.1 Å². The van der Waals surface area contributed by atoms with Gasteiger partial charge < -0.3 is 23.9 Å². The molecule has 1 aromatic carbocycles. The Kier molecular flexibility index (Phi) is 6.50. The molecule has 0 spiro atoms. The van der Waals surface area contributed by atoms with Gasteiger partial charge in [-0.05, 0) is 55.6 Å². The number of β-amino-alcohol motifs (C(OH)–C–C–N with tert-alkyl or cyclic N) is 1. The normalized spacial score (nSPS) is 17.5. The lowest BCUT2D eigenvalue weighted by atomic mass is 9.88. The Hall–Kier alpha value is -1.82. The molecule has 1 N–H and O–H groups in total. The Morgan fingerprint density at radius 1 is 1.20 bits per heavy atom. The van der Waals surface area contributed by atoms with Crippen molar-refractivity contribution in [2.45, 2.75) is 31.5 Å². The van der Waals surface area contributed by atoms with Crippen molar-refractivity contribution >= 4 is 0 Å². The predicted molar refractivity (Wildman–Crippen MR) is 95.8 cm³/mol. The van der Waals surface area contributed by atoms with Gasteiger partial charge in [0.2, 0.25) is 0 Å². The third kappa shape index (κ3) is 5.08. The van der Waals surface area contributed by atoms with Gasteiger partial charge in [0, 0.05) is 6.54 Å². The molecule has 2 aromatic rings. The fourth-order valence-corrected chi connectivity index (χ4v) is 3.47. The second kappa shape index (κ2) is 9.04. The van der Waals surface area contributed by atoms with E-state index >= 15 is 0 Å². The summed E-state index contributed by atoms with van der Waals surface area (Å²) in [7, 11) is 1.73. The summed E-state index contributed by atoms with van der Waals surface area (Å²) < 4.78 is 16.2. The highest BCUT2D eigenvalue weighted by molar-refractivity contribution is 5.36. The van der Waals surface area contributed by atoms with Gasteiger partial charge in [-0.2, -0.15) is 0 Å². The van der Waals surface area contributed by atoms with E-state index in [1.807, 2.05) is 24.3 Å². The summed E-state index contributed by atoms with van der Waals surface area (Å²) in [5, 5.41) is 10.2. The fraction of sp³-hybridized carbons (Fsp3) is 0.500. The Balaban J connectivity index is 1.40. The van der Waals surface area contributed by atoms with Crippen LogP contribution in [-0.4, -0.2) is 49.5 Å². The molecule has 1 unspecified atom stereocenters. The minimum atomic E-state index is -0.474. The standard InChI is InChI=1S/C20H27NO4/c1-23-20-7-3-2-6-19(20)16-8-10-21(11-9-16)13-17(22)14-24-15-18-5-4-12-25-18/h2-7,12,16-17,22H,8-11,13-15H2,1H3. The summed E-state index contributed by atoms with van der Waals surface area (Å²) in [5.74, 6) is 2.29. The van der Waals surface area contributed by atoms with Crippen LogP contribution in [0.5, 0.6) is 5.75 Å². The summed E-state index contributed by atoms with van der Waals surface area (Å²) in [6.07, 6.45) is 3.32. The van der Waals surface area contributed by atoms with Gasteiger partial charge in [-0.1, -0.05) is 18.2 Å². The number of likely N-dealkylation sites (tertiary alicyclic amines) is 1. The van der Waals surface area contributed by atoms with Crippen LogP contribution in [0.25, 0.3) is 0 Å². The fourth-order valence-electron chi connectivity index (χ4n) is 3.47. The van der Waals surface area contributed by atoms with E-state index in [4.69, 9.17) is 13.9 Å². The molecule has 1 aliphatic heterocycles. The van der Waals surface area contributed by atoms with Crippen LogP contribution in [0.3, 0.4) is 0 Å². The average Bonchev–Trinajstić information content (AvgIpc) is 3.16. The van der Waals surface area contributed by atoms with Gasteiger partial charge in [-0.15, -0.1) is 0 Å². The second-order valence-electron chi connectivity index (χ2n) is 6.57. The number of para-hydroxylation sites is 1. The van der Waals surface area contributed by atoms with Crippen LogP contribution in [0, 0.1) is 0 Å². The minimum absolute atomic E-state index is 0.327. The zero-order valence-corrected chi connectivity index (χ0v) is 14.8. The molecule has 0 bridgehead atoms. The summed E-state index contributed by atoms with van der Waals surface area (Å²) >= 11 is 0. The van der Waals surface area contributed by atoms with E-state index < -0.39 is 6.10 Å². The number of ether oxygens (including phenoxy) is 2. The van der Waals surface area contributed by atoms with E-state index in [-0.39, 0.29) is 0 Å². The summed E-state index contributed by atoms with van der Waals surface area (Å²) in [6, 6.07) is 12.0. The van der Waals surface area contributed by atoms with Crippen molar-refractivity contribution in [1.29, 1.82) is 0 Å². The molecular weight excluding hydrogens is 318 g/mol. The van der Waals surface area contributed by atoms with Crippen LogP contribution in [0.4, 0.5) is 0 Å². The number of piperidine rings is 1. The highest BCUT2D eigenvalue weighted by Gasteiger charge is 2.24. The maximum atomic E-state index is 10.2. The Morgan fingerprint density at radius 3 is 2.72 bits per heavy atom. The largest absolute Gasteiger partial charge is 0.496 e. The van der Waals surface area contributed by atoms with Gasteiger partial charge in [0.1, 0.15) is 18.1 Å². The third-order valence-corrected chi connectivity index (χ3v) is 4.77. The highest BCUT2D eigenvalue weighted by Crippen LogP contribution is 2.33. The number of aliphatic hydroxyl groups excluding tert-OH is 1. The monoisotopic (exact) mass is 345 g/mol. The SMILES string of the molecule is COc1ccccc1C1CCN(CC(O)COCc2ccco2)CC1. The molecule has 1 aromatic heterocycles. The second-order valence-corrected chi connectivity index (χ2v) is 6.57. The molecule has 3 rings (SSSR count). The average molecular weight is 345 g/mol. The zero-order valence-electron chi connectivity index (χ0n) is 14.8. The van der Waals surface area contributed by atoms with Gasteiger partial charge in [-0.3, -0.25) is 0 Å². The van der Waals surface area contributed by atoms with Gasteiger partial charge in [0.05, 0.1) is 26.1 Å². The van der Waals surface area contributed by atoms with Crippen molar-refractivity contribution in [3.05, 3.63) is 54.0 Å². The molecule has 0 amide bonds. The number of hydrogen-bond acceptors (Lipinski definition) is 5. The maximum absolute atomic E-state index is 10.2. The highest BCUT2D eigenvalue weighted by atomic mass is 16.5. The van der Waals surface area contributed by atoms with Gasteiger partial charge >= 0.3 is 0 Å². The molecule has 2 heterocycles. The summed E-state index contributed by atoms with van der Waals surface area (Å²) in [4.78, 5) is 2.31. The Morgan fingerprint density at radius 2 is 2.00 bits per heavy atom. The molecule has 136 valence electrons. The lowest BCUT2D eigenvalue weighted by molar-refractivity contribution is 0.00171. The number of aliphatic hydroxyl groups is 1. The molecule has 25 heavy (non-hydrogen) atoms. The molecule has 5 nitrogen and oxygen atoms in total. The molecule has 1 fully saturated rings. The molecule has 1 aliphatic rings. The van der Waals surface area contributed by atoms with Crippen molar-refractivity contribution in [2.75, 3.05) is 33.4 Å². The van der Waals surface area contributed by atoms with Crippen LogP contribution >= 0.6 is 0 Å². The number of benzene rings is 1. The van der Waals surface area contributed by atoms with Crippen molar-refractivity contribution in [3.8, 4) is 5.75 Å². The first-order valence-corrected chi connectivity index (χ1v) is 8.89. The molecule has 1 atom stereocenters. The van der Waals surface area contributed by atoms with Crippen LogP contribution in [0.2, 0.25) is 0 Å². The number of methoxy groups -OCH3 is 1. The lowest BCUT2D eigenvalue weighted by Gasteiger charge is -2.33. The number of nitrogens with zero attached hydrogens (tertiary/aromatic N) is 1. The molecule has 0 aliphatic carbocycles. The predicted octanol–water partition coefficient (Wildman–Crippen LogP) is 3.05. The first-order chi connectivity index (χ1) is 12.3. The maximum Gasteiger partial charge on any atom is 0.129 e. The van der Waals surface area contributed by atoms with Crippen molar-refractivity contribution < 1.29 is 19.0 Å². The van der Waals surface area contributed by atoms with Crippen molar-refractivity contribution in [1.82, 2.24) is 4.90 Å². The van der Waals surface area contributed by atoms with Crippen LogP contribution < -0.4 is 4.74 Å². The minimum Gasteiger partial charge on any atom is -0.496 e. The molecule has 0 saturated carbocycles. The van der Waals surface area contributed by atoms with Crippen LogP contribution in [0.15, 0.2) is 47.1 Å². The third-order valence-electron chi connectivity index (χ3n) is 4.77. The van der Waals surface area contributed by atoms with E-state index in [1.165, 1.54) is 5.56 Å². The Bertz CT molecular complexity index is 620. The van der Waals surface area contributed by atoms with Crippen molar-refractivity contribution in [2.24, 2.45) is 0 Å². The van der Waals surface area contributed by atoms with Gasteiger partial charge in [-0.25, -0.2) is 0 Å². The van der Waals surface area contributed by atoms with Crippen LogP contribution in [-0.2, 0) is 11.3 Å². The zero-order chi connectivity index (χ0) is 17.5. The Labute approximate surface area is 149 Å². The van der Waals surface area contributed by atoms with E-state index in [0.29, 0.717) is 25.7 Å². The molecule has 1 saturated heterocycles. The van der Waals surface area contributed by atoms with Gasteiger partial charge in [0.15, 0.2) is 0 Å². The van der Waals surface area contributed by atoms with Crippen molar-refractivity contribution in [3.63, 3.8) is 0 Å². The number of hydrogen-bond donors (Lipinski definition) is 1. The van der Waals surface area contributed by atoms with E-state index in [2.05, 4.69) is 17.0 Å². The molecule has 0 radical (unpaired) electrons. The first kappa shape index (κ1) is 18.0. The van der Waals surface area contributed by atoms with E-state index in [9.17, 15) is 5.11 Å². The first-order valence-electron chi connectivity index (χ1n) is 8.89. The smallest absolute Gasteiger partial charge is 0.129 e. The lowest BCUT2D eigenvalue weighted by Crippen LogP contribution is -2.39. The van der Waals surface area contributed by atoms with Gasteiger partial charge in [0.25, 0.3) is 0 Å². The molecular formula is C20H27NO4. The number of furan rings is 1.